The van der Waals surface area contributed by atoms with E-state index >= 15 is 0 Å². The molecule has 0 aromatic carbocycles. The fourth-order valence-electron chi connectivity index (χ4n) is 6.08. The Labute approximate surface area is 131 Å². The zero-order valence-corrected chi connectivity index (χ0v) is 13.8. The lowest BCUT2D eigenvalue weighted by molar-refractivity contribution is 0.0278. The van der Waals surface area contributed by atoms with Crippen LogP contribution in [-0.4, -0.2) is 36.1 Å². The van der Waals surface area contributed by atoms with E-state index in [2.05, 4.69) is 10.2 Å². The molecular formula is C19H34N2. The highest BCUT2D eigenvalue weighted by Gasteiger charge is 2.41. The molecule has 0 radical (unpaired) electrons. The lowest BCUT2D eigenvalue weighted by Crippen LogP contribution is -2.55. The molecular weight excluding hydrogens is 256 g/mol. The Balaban J connectivity index is 1.39. The first-order valence-electron chi connectivity index (χ1n) is 9.86. The molecule has 0 amide bonds. The minimum absolute atomic E-state index is 0.799. The van der Waals surface area contributed by atoms with Gasteiger partial charge in [0.15, 0.2) is 0 Å². The van der Waals surface area contributed by atoms with E-state index in [0.29, 0.717) is 0 Å². The van der Waals surface area contributed by atoms with Gasteiger partial charge in [-0.05, 0) is 82.7 Å². The van der Waals surface area contributed by atoms with Gasteiger partial charge in [-0.25, -0.2) is 0 Å². The van der Waals surface area contributed by atoms with E-state index in [1.54, 1.807) is 25.7 Å². The summed E-state index contributed by atoms with van der Waals surface area (Å²) in [6.07, 6.45) is 19.4. The van der Waals surface area contributed by atoms with Gasteiger partial charge in [-0.2, -0.15) is 0 Å². The van der Waals surface area contributed by atoms with Crippen LogP contribution in [0.1, 0.15) is 83.5 Å². The molecule has 120 valence electrons. The summed E-state index contributed by atoms with van der Waals surface area (Å²) in [4.78, 5) is 2.97. The maximum Gasteiger partial charge on any atom is 0.0252 e. The Kier molecular flexibility index (Phi) is 4.28. The molecule has 2 saturated carbocycles. The van der Waals surface area contributed by atoms with Gasteiger partial charge in [-0.1, -0.05) is 19.3 Å². The van der Waals surface area contributed by atoms with E-state index < -0.39 is 0 Å². The van der Waals surface area contributed by atoms with Gasteiger partial charge in [0.2, 0.25) is 0 Å². The van der Waals surface area contributed by atoms with Crippen molar-refractivity contribution in [2.75, 3.05) is 13.1 Å². The van der Waals surface area contributed by atoms with Gasteiger partial charge in [0.05, 0.1) is 0 Å². The van der Waals surface area contributed by atoms with Crippen LogP contribution >= 0.6 is 0 Å². The van der Waals surface area contributed by atoms with Crippen molar-refractivity contribution in [3.8, 4) is 0 Å². The zero-order valence-electron chi connectivity index (χ0n) is 13.8. The lowest BCUT2D eigenvalue weighted by Gasteiger charge is -2.48. The number of nitrogens with zero attached hydrogens (tertiary/aromatic N) is 1. The van der Waals surface area contributed by atoms with Gasteiger partial charge < -0.3 is 5.32 Å². The number of rotatable bonds is 2. The molecule has 4 fully saturated rings. The van der Waals surface area contributed by atoms with Crippen LogP contribution in [0.25, 0.3) is 0 Å². The Hall–Kier alpha value is -0.0800. The number of likely N-dealkylation sites (tertiary alicyclic amines) is 1. The van der Waals surface area contributed by atoms with Crippen LogP contribution in [0, 0.1) is 5.41 Å². The third kappa shape index (κ3) is 2.91. The molecule has 4 aliphatic rings. The summed E-state index contributed by atoms with van der Waals surface area (Å²) in [5.74, 6) is 0. The van der Waals surface area contributed by atoms with Crippen molar-refractivity contribution < 1.29 is 0 Å². The molecule has 2 atom stereocenters. The van der Waals surface area contributed by atoms with Crippen LogP contribution in [0.4, 0.5) is 0 Å². The van der Waals surface area contributed by atoms with Crippen LogP contribution in [-0.2, 0) is 0 Å². The maximum atomic E-state index is 3.80. The van der Waals surface area contributed by atoms with Crippen molar-refractivity contribution in [1.82, 2.24) is 10.2 Å². The molecule has 2 unspecified atom stereocenters. The average Bonchev–Trinajstić information content (AvgIpc) is 3.21. The van der Waals surface area contributed by atoms with E-state index in [0.717, 1.165) is 23.5 Å². The smallest absolute Gasteiger partial charge is 0.0252 e. The molecule has 0 bridgehead atoms. The van der Waals surface area contributed by atoms with Gasteiger partial charge in [0.1, 0.15) is 0 Å². The van der Waals surface area contributed by atoms with Gasteiger partial charge in [-0.3, -0.25) is 4.90 Å². The molecule has 1 spiro atoms. The Morgan fingerprint density at radius 2 is 1.57 bits per heavy atom. The molecule has 21 heavy (non-hydrogen) atoms. The van der Waals surface area contributed by atoms with Crippen molar-refractivity contribution in [2.24, 2.45) is 5.41 Å². The van der Waals surface area contributed by atoms with Gasteiger partial charge in [0.25, 0.3) is 0 Å². The summed E-state index contributed by atoms with van der Waals surface area (Å²) >= 11 is 0. The van der Waals surface area contributed by atoms with Crippen molar-refractivity contribution in [1.29, 1.82) is 0 Å². The molecule has 2 nitrogen and oxygen atoms in total. The second-order valence-corrected chi connectivity index (χ2v) is 8.44. The normalized spacial score (nSPS) is 38.3. The zero-order chi connectivity index (χ0) is 14.1. The summed E-state index contributed by atoms with van der Waals surface area (Å²) in [5.41, 5.74) is 0.799. The molecule has 1 N–H and O–H groups in total. The van der Waals surface area contributed by atoms with E-state index in [1.807, 2.05) is 0 Å². The minimum Gasteiger partial charge on any atom is -0.312 e. The summed E-state index contributed by atoms with van der Waals surface area (Å²) in [6, 6.07) is 2.60. The first kappa shape index (κ1) is 14.5. The number of hydrogen-bond donors (Lipinski definition) is 1. The molecule has 2 heteroatoms. The molecule has 2 aliphatic carbocycles. The van der Waals surface area contributed by atoms with E-state index in [1.165, 1.54) is 70.9 Å². The first-order chi connectivity index (χ1) is 10.4. The third-order valence-corrected chi connectivity index (χ3v) is 7.30. The third-order valence-electron chi connectivity index (χ3n) is 7.30. The molecule has 2 saturated heterocycles. The highest BCUT2D eigenvalue weighted by atomic mass is 15.2. The summed E-state index contributed by atoms with van der Waals surface area (Å²) in [5, 5.41) is 3.80. The van der Waals surface area contributed by atoms with Crippen LogP contribution < -0.4 is 5.32 Å². The van der Waals surface area contributed by atoms with Gasteiger partial charge in [-0.15, -0.1) is 0 Å². The lowest BCUT2D eigenvalue weighted by atomic mass is 9.70. The highest BCUT2D eigenvalue weighted by Crippen LogP contribution is 2.50. The predicted molar refractivity (Wildman–Crippen MR) is 88.5 cm³/mol. The summed E-state index contributed by atoms with van der Waals surface area (Å²) in [6.45, 7) is 2.66. The predicted octanol–water partition coefficient (Wildman–Crippen LogP) is 4.10. The molecule has 4 rings (SSSR count). The van der Waals surface area contributed by atoms with Crippen LogP contribution in [0.3, 0.4) is 0 Å². The summed E-state index contributed by atoms with van der Waals surface area (Å²) in [7, 11) is 0. The Bertz CT molecular complexity index is 331. The van der Waals surface area contributed by atoms with Crippen LogP contribution in [0.5, 0.6) is 0 Å². The molecule has 2 aliphatic heterocycles. The fourth-order valence-corrected chi connectivity index (χ4v) is 6.08. The standard InChI is InChI=1S/C19H34N2/c1-4-15-21(18(7-1)17-6-5-14-20-17)16-8-12-19(13-9-16)10-2-3-11-19/h16-18,20H,1-15H2. The van der Waals surface area contributed by atoms with E-state index in [9.17, 15) is 0 Å². The topological polar surface area (TPSA) is 15.3 Å². The number of piperidine rings is 1. The van der Waals surface area contributed by atoms with E-state index in [-0.39, 0.29) is 0 Å². The molecule has 0 aromatic heterocycles. The second kappa shape index (κ2) is 6.20. The second-order valence-electron chi connectivity index (χ2n) is 8.44. The quantitative estimate of drug-likeness (QED) is 0.824. The van der Waals surface area contributed by atoms with Crippen LogP contribution in [0.15, 0.2) is 0 Å². The first-order valence-corrected chi connectivity index (χ1v) is 9.86. The Morgan fingerprint density at radius 3 is 2.29 bits per heavy atom. The number of hydrogen-bond acceptors (Lipinski definition) is 2. The molecule has 0 aromatic rings. The monoisotopic (exact) mass is 290 g/mol. The summed E-state index contributed by atoms with van der Waals surface area (Å²) < 4.78 is 0. The van der Waals surface area contributed by atoms with Crippen molar-refractivity contribution >= 4 is 0 Å². The van der Waals surface area contributed by atoms with Gasteiger partial charge in [0, 0.05) is 18.1 Å². The SMILES string of the molecule is C1CNC(C2CCCCN2C2CCC3(CCCC3)CC2)C1. The van der Waals surface area contributed by atoms with Crippen molar-refractivity contribution in [3.05, 3.63) is 0 Å². The largest absolute Gasteiger partial charge is 0.312 e. The maximum absolute atomic E-state index is 3.80. The Morgan fingerprint density at radius 1 is 0.762 bits per heavy atom. The van der Waals surface area contributed by atoms with Crippen molar-refractivity contribution in [3.63, 3.8) is 0 Å². The van der Waals surface area contributed by atoms with Gasteiger partial charge >= 0.3 is 0 Å². The van der Waals surface area contributed by atoms with Crippen molar-refractivity contribution in [2.45, 2.75) is 102 Å². The van der Waals surface area contributed by atoms with Crippen LogP contribution in [0.2, 0.25) is 0 Å². The number of nitrogens with one attached hydrogen (secondary N) is 1. The average molecular weight is 290 g/mol. The molecule has 2 heterocycles. The fraction of sp³-hybridized carbons (Fsp3) is 1.00. The van der Waals surface area contributed by atoms with E-state index in [4.69, 9.17) is 0 Å². The highest BCUT2D eigenvalue weighted by molar-refractivity contribution is 4.97. The minimum atomic E-state index is 0.799.